The zero-order chi connectivity index (χ0) is 13.9. The first-order valence-corrected chi connectivity index (χ1v) is 6.76. The van der Waals surface area contributed by atoms with Gasteiger partial charge in [0.15, 0.2) is 5.82 Å². The van der Waals surface area contributed by atoms with Gasteiger partial charge in [-0.15, -0.1) is 0 Å². The van der Waals surface area contributed by atoms with Gasteiger partial charge in [0.2, 0.25) is 5.91 Å². The molecule has 3 N–H and O–H groups in total. The highest BCUT2D eigenvalue weighted by Gasteiger charge is 2.27. The molecule has 0 unspecified atom stereocenters. The first-order valence-electron chi connectivity index (χ1n) is 6.76. The summed E-state index contributed by atoms with van der Waals surface area (Å²) in [4.78, 5) is 18.8. The van der Waals surface area contributed by atoms with Crippen LogP contribution in [0.4, 0.5) is 11.5 Å². The van der Waals surface area contributed by atoms with Gasteiger partial charge in [0.1, 0.15) is 0 Å². The molecule has 5 heteroatoms. The molecular formula is C14H22N4O. The Morgan fingerprint density at radius 1 is 1.47 bits per heavy atom. The zero-order valence-corrected chi connectivity index (χ0v) is 11.6. The van der Waals surface area contributed by atoms with Crippen molar-refractivity contribution >= 4 is 17.4 Å². The van der Waals surface area contributed by atoms with Crippen LogP contribution in [0.1, 0.15) is 26.7 Å². The van der Waals surface area contributed by atoms with E-state index in [9.17, 15) is 4.79 Å². The van der Waals surface area contributed by atoms with Crippen LogP contribution < -0.4 is 16.0 Å². The molecule has 1 aromatic heterocycles. The summed E-state index contributed by atoms with van der Waals surface area (Å²) in [5, 5.41) is 2.96. The molecule has 0 spiro atoms. The lowest BCUT2D eigenvalue weighted by molar-refractivity contribution is -0.123. The normalized spacial score (nSPS) is 15.6. The molecule has 2 rings (SSSR count). The number of nitrogens with one attached hydrogen (secondary N) is 1. The van der Waals surface area contributed by atoms with E-state index in [-0.39, 0.29) is 5.91 Å². The Balaban J connectivity index is 2.18. The minimum absolute atomic E-state index is 0.0663. The van der Waals surface area contributed by atoms with Crippen molar-refractivity contribution in [2.45, 2.75) is 26.7 Å². The minimum atomic E-state index is -0.571. The van der Waals surface area contributed by atoms with Gasteiger partial charge in [-0.25, -0.2) is 4.98 Å². The van der Waals surface area contributed by atoms with Gasteiger partial charge >= 0.3 is 0 Å². The molecule has 0 atom stereocenters. The summed E-state index contributed by atoms with van der Waals surface area (Å²) in [6, 6.07) is 3.73. The van der Waals surface area contributed by atoms with Crippen LogP contribution >= 0.6 is 0 Å². The van der Waals surface area contributed by atoms with Crippen LogP contribution in [0, 0.1) is 5.41 Å². The number of hydrogen-bond acceptors (Lipinski definition) is 4. The Bertz CT molecular complexity index is 453. The maximum absolute atomic E-state index is 12.2. The molecule has 104 valence electrons. The topological polar surface area (TPSA) is 71.2 Å². The highest BCUT2D eigenvalue weighted by molar-refractivity contribution is 5.97. The van der Waals surface area contributed by atoms with Crippen LogP contribution in [-0.2, 0) is 4.79 Å². The van der Waals surface area contributed by atoms with E-state index in [1.807, 2.05) is 26.0 Å². The third-order valence-electron chi connectivity index (χ3n) is 3.57. The molecule has 1 saturated heterocycles. The lowest BCUT2D eigenvalue weighted by atomic mass is 9.92. The van der Waals surface area contributed by atoms with Gasteiger partial charge in [0.05, 0.1) is 11.1 Å². The molecular weight excluding hydrogens is 240 g/mol. The number of aromatic nitrogens is 1. The lowest BCUT2D eigenvalue weighted by Crippen LogP contribution is -2.37. The molecule has 1 aromatic rings. The molecule has 0 saturated carbocycles. The average molecular weight is 262 g/mol. The standard InChI is InChI=1S/C14H22N4O/c1-14(2,10-15)13(19)17-11-6-5-7-16-12(11)18-8-3-4-9-18/h5-7H,3-4,8-10,15H2,1-2H3,(H,17,19). The number of hydrogen-bond donors (Lipinski definition) is 2. The summed E-state index contributed by atoms with van der Waals surface area (Å²) in [5.41, 5.74) is 5.84. The van der Waals surface area contributed by atoms with Gasteiger partial charge in [0.25, 0.3) is 0 Å². The van der Waals surface area contributed by atoms with Gasteiger partial charge in [-0.3, -0.25) is 4.79 Å². The van der Waals surface area contributed by atoms with E-state index in [0.717, 1.165) is 24.6 Å². The van der Waals surface area contributed by atoms with Crippen molar-refractivity contribution in [3.8, 4) is 0 Å². The van der Waals surface area contributed by atoms with Gasteiger partial charge in [-0.2, -0.15) is 0 Å². The molecule has 1 amide bonds. The van der Waals surface area contributed by atoms with Crippen LogP contribution in [0.5, 0.6) is 0 Å². The summed E-state index contributed by atoms with van der Waals surface area (Å²) in [6.45, 7) is 6.00. The smallest absolute Gasteiger partial charge is 0.231 e. The number of pyridine rings is 1. The number of nitrogens with two attached hydrogens (primary N) is 1. The van der Waals surface area contributed by atoms with Crippen LogP contribution in [0.3, 0.4) is 0 Å². The molecule has 0 aromatic carbocycles. The number of amides is 1. The van der Waals surface area contributed by atoms with Crippen molar-refractivity contribution in [1.82, 2.24) is 4.98 Å². The minimum Gasteiger partial charge on any atom is -0.355 e. The lowest BCUT2D eigenvalue weighted by Gasteiger charge is -2.24. The number of carbonyl (C=O) groups is 1. The third-order valence-corrected chi connectivity index (χ3v) is 3.57. The molecule has 1 fully saturated rings. The second kappa shape index (κ2) is 5.57. The fourth-order valence-corrected chi connectivity index (χ4v) is 2.06. The highest BCUT2D eigenvalue weighted by Crippen LogP contribution is 2.27. The molecule has 19 heavy (non-hydrogen) atoms. The van der Waals surface area contributed by atoms with E-state index in [4.69, 9.17) is 5.73 Å². The fourth-order valence-electron chi connectivity index (χ4n) is 2.06. The Morgan fingerprint density at radius 3 is 2.79 bits per heavy atom. The molecule has 5 nitrogen and oxygen atoms in total. The van der Waals surface area contributed by atoms with Crippen LogP contribution in [-0.4, -0.2) is 30.5 Å². The van der Waals surface area contributed by atoms with Crippen molar-refractivity contribution in [3.05, 3.63) is 18.3 Å². The zero-order valence-electron chi connectivity index (χ0n) is 11.6. The van der Waals surface area contributed by atoms with Crippen molar-refractivity contribution in [2.24, 2.45) is 11.1 Å². The van der Waals surface area contributed by atoms with E-state index in [1.54, 1.807) is 6.20 Å². The van der Waals surface area contributed by atoms with Gasteiger partial charge in [-0.1, -0.05) is 0 Å². The number of nitrogens with zero attached hydrogens (tertiary/aromatic N) is 2. The Labute approximate surface area is 114 Å². The van der Waals surface area contributed by atoms with E-state index in [0.29, 0.717) is 6.54 Å². The molecule has 0 aliphatic carbocycles. The van der Waals surface area contributed by atoms with E-state index < -0.39 is 5.41 Å². The Kier molecular flexibility index (Phi) is 4.04. The summed E-state index contributed by atoms with van der Waals surface area (Å²) in [7, 11) is 0. The quantitative estimate of drug-likeness (QED) is 0.864. The van der Waals surface area contributed by atoms with E-state index >= 15 is 0 Å². The highest BCUT2D eigenvalue weighted by atomic mass is 16.2. The Morgan fingerprint density at radius 2 is 2.16 bits per heavy atom. The van der Waals surface area contributed by atoms with Crippen molar-refractivity contribution in [1.29, 1.82) is 0 Å². The molecule has 0 radical (unpaired) electrons. The van der Waals surface area contributed by atoms with E-state index in [1.165, 1.54) is 12.8 Å². The monoisotopic (exact) mass is 262 g/mol. The van der Waals surface area contributed by atoms with Crippen LogP contribution in [0.2, 0.25) is 0 Å². The first kappa shape index (κ1) is 13.8. The van der Waals surface area contributed by atoms with E-state index in [2.05, 4.69) is 15.2 Å². The average Bonchev–Trinajstić information content (AvgIpc) is 2.93. The number of carbonyl (C=O) groups excluding carboxylic acids is 1. The van der Waals surface area contributed by atoms with Crippen LogP contribution in [0.15, 0.2) is 18.3 Å². The van der Waals surface area contributed by atoms with Crippen molar-refractivity contribution < 1.29 is 4.79 Å². The predicted molar refractivity (Wildman–Crippen MR) is 77.1 cm³/mol. The summed E-state index contributed by atoms with van der Waals surface area (Å²) in [6.07, 6.45) is 4.12. The SMILES string of the molecule is CC(C)(CN)C(=O)Nc1cccnc1N1CCCC1. The third kappa shape index (κ3) is 3.04. The van der Waals surface area contributed by atoms with Gasteiger partial charge < -0.3 is 16.0 Å². The maximum atomic E-state index is 12.2. The van der Waals surface area contributed by atoms with Gasteiger partial charge in [0, 0.05) is 25.8 Å². The number of rotatable bonds is 4. The summed E-state index contributed by atoms with van der Waals surface area (Å²) < 4.78 is 0. The molecule has 1 aliphatic heterocycles. The molecule has 2 heterocycles. The number of anilines is 2. The summed E-state index contributed by atoms with van der Waals surface area (Å²) in [5.74, 6) is 0.796. The maximum Gasteiger partial charge on any atom is 0.231 e. The second-order valence-electron chi connectivity index (χ2n) is 5.61. The second-order valence-corrected chi connectivity index (χ2v) is 5.61. The largest absolute Gasteiger partial charge is 0.355 e. The van der Waals surface area contributed by atoms with Crippen molar-refractivity contribution in [2.75, 3.05) is 29.9 Å². The summed E-state index contributed by atoms with van der Waals surface area (Å²) >= 11 is 0. The predicted octanol–water partition coefficient (Wildman–Crippen LogP) is 1.61. The fraction of sp³-hybridized carbons (Fsp3) is 0.571. The van der Waals surface area contributed by atoms with Crippen molar-refractivity contribution in [3.63, 3.8) is 0 Å². The Hall–Kier alpha value is -1.62. The molecule has 1 aliphatic rings. The van der Waals surface area contributed by atoms with Gasteiger partial charge in [-0.05, 0) is 38.8 Å². The van der Waals surface area contributed by atoms with Crippen LogP contribution in [0.25, 0.3) is 0 Å². The first-order chi connectivity index (χ1) is 9.04. The molecule has 0 bridgehead atoms.